The molecule has 0 bridgehead atoms. The molecule has 0 aromatic heterocycles. The molecule has 6 nitrogen and oxygen atoms in total. The van der Waals surface area contributed by atoms with E-state index in [4.69, 9.17) is 16.3 Å². The highest BCUT2D eigenvalue weighted by molar-refractivity contribution is 6.30. The molecule has 1 aliphatic rings. The molecule has 0 radical (unpaired) electrons. The van der Waals surface area contributed by atoms with E-state index in [-0.39, 0.29) is 6.54 Å². The molecule has 1 heterocycles. The third-order valence-electron chi connectivity index (χ3n) is 3.70. The molecule has 1 aromatic carbocycles. The molecule has 1 aliphatic heterocycles. The van der Waals surface area contributed by atoms with Crippen molar-refractivity contribution in [2.45, 2.75) is 39.0 Å². The predicted molar refractivity (Wildman–Crippen MR) is 91.1 cm³/mol. The molecule has 0 saturated carbocycles. The number of piperazine rings is 1. The lowest BCUT2D eigenvalue weighted by atomic mass is 10.1. The van der Waals surface area contributed by atoms with E-state index in [1.54, 1.807) is 20.8 Å². The lowest BCUT2D eigenvalue weighted by Crippen LogP contribution is -2.58. The van der Waals surface area contributed by atoms with Crippen LogP contribution in [0.1, 0.15) is 26.3 Å². The lowest BCUT2D eigenvalue weighted by Gasteiger charge is -2.39. The molecule has 1 N–H and O–H groups in total. The SMILES string of the molecule is CC(C)(C)OC(=O)N1CCN(Cc2ccc(Cl)cc2)C[C@@H]1C(=O)O. The van der Waals surface area contributed by atoms with Gasteiger partial charge in [-0.3, -0.25) is 9.80 Å². The Balaban J connectivity index is 2.03. The largest absolute Gasteiger partial charge is 0.480 e. The number of nitrogens with zero attached hydrogens (tertiary/aromatic N) is 2. The number of benzene rings is 1. The fraction of sp³-hybridized carbons (Fsp3) is 0.529. The molecule has 7 heteroatoms. The summed E-state index contributed by atoms with van der Waals surface area (Å²) in [5.41, 5.74) is 0.398. The summed E-state index contributed by atoms with van der Waals surface area (Å²) in [5, 5.41) is 10.1. The molecule has 0 aliphatic carbocycles. The average molecular weight is 355 g/mol. The topological polar surface area (TPSA) is 70.1 Å². The first-order valence-corrected chi connectivity index (χ1v) is 8.23. The zero-order valence-electron chi connectivity index (χ0n) is 14.2. The summed E-state index contributed by atoms with van der Waals surface area (Å²) in [6, 6.07) is 6.53. The standard InChI is InChI=1S/C17H23ClN2O4/c1-17(2,3)24-16(23)20-9-8-19(11-14(20)15(21)22)10-12-4-6-13(18)7-5-12/h4-7,14H,8-11H2,1-3H3,(H,21,22)/t14-/m1/s1. The number of hydrogen-bond acceptors (Lipinski definition) is 4. The van der Waals surface area contributed by atoms with Crippen LogP contribution in [0.4, 0.5) is 4.79 Å². The zero-order valence-corrected chi connectivity index (χ0v) is 14.9. The fourth-order valence-electron chi connectivity index (χ4n) is 2.58. The van der Waals surface area contributed by atoms with Crippen LogP contribution in [0.2, 0.25) is 5.02 Å². The van der Waals surface area contributed by atoms with Crippen LogP contribution in [0.15, 0.2) is 24.3 Å². The Bertz CT molecular complexity index is 598. The van der Waals surface area contributed by atoms with Crippen LogP contribution >= 0.6 is 11.6 Å². The van der Waals surface area contributed by atoms with Crippen LogP contribution in [0, 0.1) is 0 Å². The third-order valence-corrected chi connectivity index (χ3v) is 3.95. The molecule has 132 valence electrons. The van der Waals surface area contributed by atoms with E-state index in [0.29, 0.717) is 24.7 Å². The lowest BCUT2D eigenvalue weighted by molar-refractivity contribution is -0.145. The number of aliphatic carboxylic acids is 1. The second-order valence-electron chi connectivity index (χ2n) is 6.89. The van der Waals surface area contributed by atoms with Crippen LogP contribution in [0.5, 0.6) is 0 Å². The Hall–Kier alpha value is -1.79. The fourth-order valence-corrected chi connectivity index (χ4v) is 2.71. The van der Waals surface area contributed by atoms with E-state index < -0.39 is 23.7 Å². The van der Waals surface area contributed by atoms with E-state index in [0.717, 1.165) is 5.56 Å². The summed E-state index contributed by atoms with van der Waals surface area (Å²) < 4.78 is 5.31. The maximum atomic E-state index is 12.2. The first kappa shape index (κ1) is 18.5. The Morgan fingerprint density at radius 2 is 1.88 bits per heavy atom. The van der Waals surface area contributed by atoms with Crippen molar-refractivity contribution in [1.29, 1.82) is 0 Å². The highest BCUT2D eigenvalue weighted by atomic mass is 35.5. The molecular formula is C17H23ClN2O4. The number of ether oxygens (including phenoxy) is 1. The van der Waals surface area contributed by atoms with Crippen molar-refractivity contribution in [3.05, 3.63) is 34.9 Å². The second kappa shape index (κ2) is 7.40. The molecule has 0 unspecified atom stereocenters. The average Bonchev–Trinajstić information content (AvgIpc) is 2.47. The van der Waals surface area contributed by atoms with Gasteiger partial charge in [0.05, 0.1) is 0 Å². The van der Waals surface area contributed by atoms with Gasteiger partial charge in [-0.1, -0.05) is 23.7 Å². The maximum absolute atomic E-state index is 12.2. The van der Waals surface area contributed by atoms with Gasteiger partial charge in [0.1, 0.15) is 11.6 Å². The van der Waals surface area contributed by atoms with Crippen LogP contribution in [-0.2, 0) is 16.1 Å². The van der Waals surface area contributed by atoms with Gasteiger partial charge in [0.2, 0.25) is 0 Å². The summed E-state index contributed by atoms with van der Waals surface area (Å²) in [6.45, 7) is 7.07. The number of rotatable bonds is 3. The van der Waals surface area contributed by atoms with Crippen LogP contribution < -0.4 is 0 Å². The van der Waals surface area contributed by atoms with Crippen molar-refractivity contribution in [2.24, 2.45) is 0 Å². The molecule has 0 spiro atoms. The van der Waals surface area contributed by atoms with E-state index in [2.05, 4.69) is 0 Å². The monoisotopic (exact) mass is 354 g/mol. The van der Waals surface area contributed by atoms with Gasteiger partial charge in [0.15, 0.2) is 0 Å². The van der Waals surface area contributed by atoms with Gasteiger partial charge in [-0.05, 0) is 38.5 Å². The molecule has 1 saturated heterocycles. The van der Waals surface area contributed by atoms with Gasteiger partial charge in [-0.2, -0.15) is 0 Å². The summed E-state index contributed by atoms with van der Waals surface area (Å²) in [6.07, 6.45) is -0.582. The van der Waals surface area contributed by atoms with Crippen molar-refractivity contribution < 1.29 is 19.4 Å². The molecule has 1 fully saturated rings. The first-order chi connectivity index (χ1) is 11.2. The summed E-state index contributed by atoms with van der Waals surface area (Å²) in [7, 11) is 0. The Labute approximate surface area is 146 Å². The molecular weight excluding hydrogens is 332 g/mol. The van der Waals surface area contributed by atoms with Gasteiger partial charge in [-0.25, -0.2) is 9.59 Å². The molecule has 24 heavy (non-hydrogen) atoms. The van der Waals surface area contributed by atoms with Crippen molar-refractivity contribution in [2.75, 3.05) is 19.6 Å². The summed E-state index contributed by atoms with van der Waals surface area (Å²) in [4.78, 5) is 27.1. The van der Waals surface area contributed by atoms with E-state index in [9.17, 15) is 14.7 Å². The number of carboxylic acid groups (broad SMARTS) is 1. The summed E-state index contributed by atoms with van der Waals surface area (Å²) >= 11 is 5.88. The number of hydrogen-bond donors (Lipinski definition) is 1. The Morgan fingerprint density at radius 1 is 1.25 bits per heavy atom. The van der Waals surface area contributed by atoms with Crippen LogP contribution in [0.3, 0.4) is 0 Å². The normalized spacial score (nSPS) is 19.2. The molecule has 1 amide bonds. The summed E-state index contributed by atoms with van der Waals surface area (Å²) in [5.74, 6) is -1.03. The van der Waals surface area contributed by atoms with Gasteiger partial charge in [-0.15, -0.1) is 0 Å². The van der Waals surface area contributed by atoms with Gasteiger partial charge >= 0.3 is 12.1 Å². The number of amides is 1. The second-order valence-corrected chi connectivity index (χ2v) is 7.33. The predicted octanol–water partition coefficient (Wildman–Crippen LogP) is 2.85. The smallest absolute Gasteiger partial charge is 0.411 e. The quantitative estimate of drug-likeness (QED) is 0.903. The minimum Gasteiger partial charge on any atom is -0.480 e. The van der Waals surface area contributed by atoms with Gasteiger partial charge < -0.3 is 9.84 Å². The van der Waals surface area contributed by atoms with Crippen molar-refractivity contribution in [3.8, 4) is 0 Å². The van der Waals surface area contributed by atoms with Crippen molar-refractivity contribution in [3.63, 3.8) is 0 Å². The van der Waals surface area contributed by atoms with Crippen LogP contribution in [0.25, 0.3) is 0 Å². The number of carbonyl (C=O) groups is 2. The number of carbonyl (C=O) groups excluding carboxylic acids is 1. The highest BCUT2D eigenvalue weighted by Gasteiger charge is 2.37. The molecule has 2 rings (SSSR count). The van der Waals surface area contributed by atoms with Crippen LogP contribution in [-0.4, -0.2) is 58.2 Å². The Kier molecular flexibility index (Phi) is 5.72. The van der Waals surface area contributed by atoms with Crippen molar-refractivity contribution >= 4 is 23.7 Å². The number of halogens is 1. The van der Waals surface area contributed by atoms with E-state index >= 15 is 0 Å². The minimum atomic E-state index is -1.03. The third kappa shape index (κ3) is 5.11. The van der Waals surface area contributed by atoms with Gasteiger partial charge in [0.25, 0.3) is 0 Å². The number of carboxylic acids is 1. The molecule has 1 aromatic rings. The van der Waals surface area contributed by atoms with Crippen molar-refractivity contribution in [1.82, 2.24) is 9.80 Å². The first-order valence-electron chi connectivity index (χ1n) is 7.85. The molecule has 1 atom stereocenters. The van der Waals surface area contributed by atoms with E-state index in [1.807, 2.05) is 29.2 Å². The zero-order chi connectivity index (χ0) is 17.9. The highest BCUT2D eigenvalue weighted by Crippen LogP contribution is 2.18. The minimum absolute atomic E-state index is 0.261. The van der Waals surface area contributed by atoms with Gasteiger partial charge in [0, 0.05) is 31.2 Å². The Morgan fingerprint density at radius 3 is 2.42 bits per heavy atom. The maximum Gasteiger partial charge on any atom is 0.411 e. The van der Waals surface area contributed by atoms with E-state index in [1.165, 1.54) is 4.90 Å².